The Bertz CT molecular complexity index is 763. The second-order valence-electron chi connectivity index (χ2n) is 4.65. The Morgan fingerprint density at radius 1 is 1.24 bits per heavy atom. The van der Waals surface area contributed by atoms with E-state index < -0.39 is 0 Å². The lowest BCUT2D eigenvalue weighted by molar-refractivity contribution is 0.961. The van der Waals surface area contributed by atoms with Gasteiger partial charge in [0, 0.05) is 23.2 Å². The predicted octanol–water partition coefficient (Wildman–Crippen LogP) is 2.70. The normalized spacial score (nSPS) is 11.0. The monoisotopic (exact) mass is 320 g/mol. The van der Waals surface area contributed by atoms with Crippen molar-refractivity contribution in [1.82, 2.24) is 15.0 Å². The smallest absolute Gasteiger partial charge is 0.240 e. The molecule has 0 spiro atoms. The molecular weight excluding hydrogens is 304 g/mol. The highest BCUT2D eigenvalue weighted by Crippen LogP contribution is 2.29. The van der Waals surface area contributed by atoms with Gasteiger partial charge in [0.15, 0.2) is 0 Å². The van der Waals surface area contributed by atoms with Crippen molar-refractivity contribution in [2.45, 2.75) is 20.3 Å². The lowest BCUT2D eigenvalue weighted by atomic mass is 10.3. The molecule has 0 aromatic carbocycles. The molecule has 4 N–H and O–H groups in total. The Hall–Kier alpha value is -1.77. The molecule has 0 aliphatic rings. The summed E-state index contributed by atoms with van der Waals surface area (Å²) in [6.45, 7) is 4.85. The lowest BCUT2D eigenvalue weighted by Gasteiger charge is -2.07. The number of hydrazine groups is 1. The zero-order valence-electron chi connectivity index (χ0n) is 11.8. The highest BCUT2D eigenvalue weighted by atomic mass is 32.1. The van der Waals surface area contributed by atoms with Gasteiger partial charge in [-0.15, -0.1) is 22.7 Å². The van der Waals surface area contributed by atoms with E-state index in [1.54, 1.807) is 22.7 Å². The number of nitrogen functional groups attached to an aromatic ring is 1. The van der Waals surface area contributed by atoms with Crippen LogP contribution in [0.25, 0.3) is 10.2 Å². The Morgan fingerprint density at radius 3 is 2.81 bits per heavy atom. The number of nitrogens with zero attached hydrogens (tertiary/aromatic N) is 3. The summed E-state index contributed by atoms with van der Waals surface area (Å²) in [5.74, 6) is 6.67. The average Bonchev–Trinajstić information content (AvgIpc) is 3.03. The molecule has 8 heteroatoms. The first kappa shape index (κ1) is 14.2. The highest BCUT2D eigenvalue weighted by Gasteiger charge is 2.10. The van der Waals surface area contributed by atoms with E-state index in [1.807, 2.05) is 6.92 Å². The van der Waals surface area contributed by atoms with Crippen LogP contribution in [-0.2, 0) is 6.42 Å². The number of anilines is 2. The van der Waals surface area contributed by atoms with Gasteiger partial charge in [-0.2, -0.15) is 4.98 Å². The fourth-order valence-electron chi connectivity index (χ4n) is 2.07. The van der Waals surface area contributed by atoms with E-state index in [1.165, 1.54) is 4.88 Å². The molecule has 0 radical (unpaired) electrons. The number of fused-ring (bicyclic) bond motifs is 1. The minimum absolute atomic E-state index is 0.427. The lowest BCUT2D eigenvalue weighted by Crippen LogP contribution is -2.13. The van der Waals surface area contributed by atoms with Crippen molar-refractivity contribution in [1.29, 1.82) is 0 Å². The van der Waals surface area contributed by atoms with Crippen LogP contribution in [0.5, 0.6) is 0 Å². The quantitative estimate of drug-likeness (QED) is 0.495. The number of hydrogen-bond donors (Lipinski definition) is 3. The van der Waals surface area contributed by atoms with Gasteiger partial charge in [-0.25, -0.2) is 15.8 Å². The molecule has 110 valence electrons. The Kier molecular flexibility index (Phi) is 4.00. The number of thiophene rings is 1. The second-order valence-corrected chi connectivity index (χ2v) is 6.95. The predicted molar refractivity (Wildman–Crippen MR) is 89.0 cm³/mol. The molecule has 3 aromatic heterocycles. The van der Waals surface area contributed by atoms with E-state index in [0.717, 1.165) is 39.7 Å². The molecule has 0 amide bonds. The number of hydrogen-bond acceptors (Lipinski definition) is 8. The molecule has 3 aromatic rings. The minimum atomic E-state index is 0.427. The molecule has 0 fully saturated rings. The summed E-state index contributed by atoms with van der Waals surface area (Å²) >= 11 is 3.30. The first-order valence-electron chi connectivity index (χ1n) is 6.55. The van der Waals surface area contributed by atoms with Crippen molar-refractivity contribution in [3.63, 3.8) is 0 Å². The van der Waals surface area contributed by atoms with Gasteiger partial charge in [-0.05, 0) is 19.9 Å². The molecular formula is C13H16N6S2. The molecule has 0 saturated carbocycles. The van der Waals surface area contributed by atoms with Crippen LogP contribution in [0.3, 0.4) is 0 Å². The fraction of sp³-hybridized carbons (Fsp3) is 0.308. The molecule has 3 heterocycles. The summed E-state index contributed by atoms with van der Waals surface area (Å²) in [5, 5.41) is 7.58. The van der Waals surface area contributed by atoms with Crippen LogP contribution in [0.1, 0.15) is 15.6 Å². The summed E-state index contributed by atoms with van der Waals surface area (Å²) in [7, 11) is 0. The zero-order valence-corrected chi connectivity index (χ0v) is 13.4. The third-order valence-corrected chi connectivity index (χ3v) is 4.75. The third-order valence-electron chi connectivity index (χ3n) is 2.99. The first-order chi connectivity index (χ1) is 10.2. The standard InChI is InChI=1S/C13H16N6S2/c1-7-5-10-11(17-13(19-14)18-12(10)21-7)15-4-3-9-6-20-8(2)16-9/h5-6H,3-4,14H2,1-2H3,(H2,15,17,18,19). The molecule has 21 heavy (non-hydrogen) atoms. The largest absolute Gasteiger partial charge is 0.369 e. The Balaban J connectivity index is 1.78. The van der Waals surface area contributed by atoms with Gasteiger partial charge in [-0.1, -0.05) is 0 Å². The van der Waals surface area contributed by atoms with E-state index in [0.29, 0.717) is 5.95 Å². The summed E-state index contributed by atoms with van der Waals surface area (Å²) in [5.41, 5.74) is 3.62. The van der Waals surface area contributed by atoms with E-state index in [9.17, 15) is 0 Å². The van der Waals surface area contributed by atoms with E-state index in [-0.39, 0.29) is 0 Å². The van der Waals surface area contributed by atoms with Crippen LogP contribution in [-0.4, -0.2) is 21.5 Å². The number of rotatable bonds is 5. The summed E-state index contributed by atoms with van der Waals surface area (Å²) in [4.78, 5) is 15.4. The number of nitrogens with one attached hydrogen (secondary N) is 2. The molecule has 0 saturated heterocycles. The van der Waals surface area contributed by atoms with Gasteiger partial charge in [-0.3, -0.25) is 5.43 Å². The molecule has 3 rings (SSSR count). The summed E-state index contributed by atoms with van der Waals surface area (Å²) < 4.78 is 0. The minimum Gasteiger partial charge on any atom is -0.369 e. The van der Waals surface area contributed by atoms with Crippen molar-refractivity contribution in [3.05, 3.63) is 27.0 Å². The second kappa shape index (κ2) is 5.92. The summed E-state index contributed by atoms with van der Waals surface area (Å²) in [6, 6.07) is 2.09. The van der Waals surface area contributed by atoms with Gasteiger partial charge < -0.3 is 5.32 Å². The SMILES string of the molecule is Cc1cc2c(NCCc3csc(C)n3)nc(NN)nc2s1. The van der Waals surface area contributed by atoms with Crippen LogP contribution >= 0.6 is 22.7 Å². The maximum absolute atomic E-state index is 5.43. The van der Waals surface area contributed by atoms with Crippen molar-refractivity contribution in [2.24, 2.45) is 5.84 Å². The average molecular weight is 320 g/mol. The molecule has 0 bridgehead atoms. The van der Waals surface area contributed by atoms with E-state index in [4.69, 9.17) is 5.84 Å². The van der Waals surface area contributed by atoms with Crippen molar-refractivity contribution in [3.8, 4) is 0 Å². The molecule has 0 atom stereocenters. The number of aryl methyl sites for hydroxylation is 2. The van der Waals surface area contributed by atoms with E-state index in [2.05, 4.69) is 44.1 Å². The first-order valence-corrected chi connectivity index (χ1v) is 8.25. The van der Waals surface area contributed by atoms with Crippen molar-refractivity contribution in [2.75, 3.05) is 17.3 Å². The van der Waals surface area contributed by atoms with Crippen LogP contribution < -0.4 is 16.6 Å². The fourth-order valence-corrected chi connectivity index (χ4v) is 3.60. The number of aromatic nitrogens is 3. The van der Waals surface area contributed by atoms with Crippen molar-refractivity contribution >= 4 is 44.7 Å². The van der Waals surface area contributed by atoms with Crippen LogP contribution in [0, 0.1) is 13.8 Å². The maximum atomic E-state index is 5.43. The zero-order chi connectivity index (χ0) is 14.8. The van der Waals surface area contributed by atoms with Gasteiger partial charge in [0.05, 0.1) is 16.1 Å². The Labute approximate surface area is 130 Å². The molecule has 6 nitrogen and oxygen atoms in total. The van der Waals surface area contributed by atoms with Gasteiger partial charge >= 0.3 is 0 Å². The van der Waals surface area contributed by atoms with Crippen LogP contribution in [0.2, 0.25) is 0 Å². The Morgan fingerprint density at radius 2 is 2.10 bits per heavy atom. The number of nitrogens with two attached hydrogens (primary N) is 1. The summed E-state index contributed by atoms with van der Waals surface area (Å²) in [6.07, 6.45) is 0.865. The molecule has 0 unspecified atom stereocenters. The van der Waals surface area contributed by atoms with Gasteiger partial charge in [0.1, 0.15) is 10.6 Å². The number of thiazole rings is 1. The molecule has 0 aliphatic carbocycles. The maximum Gasteiger partial charge on any atom is 0.240 e. The van der Waals surface area contributed by atoms with Crippen LogP contribution in [0.15, 0.2) is 11.4 Å². The topological polar surface area (TPSA) is 88.8 Å². The highest BCUT2D eigenvalue weighted by molar-refractivity contribution is 7.18. The van der Waals surface area contributed by atoms with Crippen molar-refractivity contribution < 1.29 is 0 Å². The van der Waals surface area contributed by atoms with Gasteiger partial charge in [0.2, 0.25) is 5.95 Å². The van der Waals surface area contributed by atoms with Crippen LogP contribution in [0.4, 0.5) is 11.8 Å². The van der Waals surface area contributed by atoms with E-state index >= 15 is 0 Å². The molecule has 0 aliphatic heterocycles. The van der Waals surface area contributed by atoms with Gasteiger partial charge in [0.25, 0.3) is 0 Å². The third kappa shape index (κ3) is 3.12.